The Morgan fingerprint density at radius 1 is 1.03 bits per heavy atom. The number of amides is 1. The predicted octanol–water partition coefficient (Wildman–Crippen LogP) is 4.40. The number of carbonyl (C=O) groups is 1. The quantitative estimate of drug-likeness (QED) is 0.566. The number of hydrogen-bond acceptors (Lipinski definition) is 5. The highest BCUT2D eigenvalue weighted by atomic mass is 16.5. The van der Waals surface area contributed by atoms with E-state index in [1.807, 2.05) is 55.5 Å². The molecule has 1 amide bonds. The molecule has 0 saturated carbocycles. The summed E-state index contributed by atoms with van der Waals surface area (Å²) in [5, 5.41) is 6.20. The first-order valence-corrected chi connectivity index (χ1v) is 9.56. The van der Waals surface area contributed by atoms with E-state index in [-0.39, 0.29) is 5.91 Å². The third-order valence-electron chi connectivity index (χ3n) is 4.34. The van der Waals surface area contributed by atoms with Gasteiger partial charge in [0.1, 0.15) is 17.2 Å². The molecule has 0 aliphatic heterocycles. The van der Waals surface area contributed by atoms with Crippen LogP contribution in [0.15, 0.2) is 66.9 Å². The van der Waals surface area contributed by atoms with Crippen molar-refractivity contribution in [1.29, 1.82) is 0 Å². The van der Waals surface area contributed by atoms with Gasteiger partial charge in [0.05, 0.1) is 19.4 Å². The Bertz CT molecular complexity index is 959. The first kappa shape index (κ1) is 20.2. The molecule has 0 radical (unpaired) electrons. The number of nitrogens with zero attached hydrogens (tertiary/aromatic N) is 1. The van der Waals surface area contributed by atoms with Gasteiger partial charge in [0.15, 0.2) is 0 Å². The molecular weight excluding hydrogens is 366 g/mol. The van der Waals surface area contributed by atoms with Crippen molar-refractivity contribution in [2.24, 2.45) is 0 Å². The molecule has 2 N–H and O–H groups in total. The van der Waals surface area contributed by atoms with Gasteiger partial charge in [0.2, 0.25) is 0 Å². The Morgan fingerprint density at radius 3 is 2.59 bits per heavy atom. The van der Waals surface area contributed by atoms with E-state index in [1.165, 1.54) is 0 Å². The van der Waals surface area contributed by atoms with E-state index < -0.39 is 0 Å². The monoisotopic (exact) mass is 391 g/mol. The molecular formula is C23H25N3O3. The van der Waals surface area contributed by atoms with Gasteiger partial charge >= 0.3 is 0 Å². The van der Waals surface area contributed by atoms with Crippen LogP contribution in [0.4, 0.5) is 11.4 Å². The number of anilines is 2. The molecule has 1 aromatic heterocycles. The average Bonchev–Trinajstić information content (AvgIpc) is 2.76. The Labute approximate surface area is 170 Å². The number of benzene rings is 2. The maximum absolute atomic E-state index is 12.6. The first-order valence-electron chi connectivity index (χ1n) is 9.56. The highest BCUT2D eigenvalue weighted by Crippen LogP contribution is 2.24. The van der Waals surface area contributed by atoms with Crippen LogP contribution in [0.3, 0.4) is 0 Å². The number of methoxy groups -OCH3 is 1. The molecule has 3 aromatic rings. The van der Waals surface area contributed by atoms with Gasteiger partial charge in [-0.05, 0) is 49.2 Å². The summed E-state index contributed by atoms with van der Waals surface area (Å²) in [6.07, 6.45) is 2.42. The lowest BCUT2D eigenvalue weighted by atomic mass is 10.1. The standard InChI is InChI=1S/C23H25N3O3/c1-3-29-22-11-7-5-9-19(22)26-23(27)20-16-18(13-15-25-20)24-14-12-17-8-4-6-10-21(17)28-2/h4-11,13,15-16H,3,12,14H2,1-2H3,(H,24,25)(H,26,27). The maximum Gasteiger partial charge on any atom is 0.274 e. The third kappa shape index (κ3) is 5.48. The molecule has 6 nitrogen and oxygen atoms in total. The van der Waals surface area contributed by atoms with Crippen LogP contribution in [-0.2, 0) is 6.42 Å². The summed E-state index contributed by atoms with van der Waals surface area (Å²) >= 11 is 0. The van der Waals surface area contributed by atoms with Crippen LogP contribution in [0.5, 0.6) is 11.5 Å². The summed E-state index contributed by atoms with van der Waals surface area (Å²) in [6, 6.07) is 18.9. The Morgan fingerprint density at radius 2 is 1.79 bits per heavy atom. The van der Waals surface area contributed by atoms with Crippen LogP contribution < -0.4 is 20.1 Å². The van der Waals surface area contributed by atoms with E-state index in [2.05, 4.69) is 15.6 Å². The fourth-order valence-corrected chi connectivity index (χ4v) is 2.95. The third-order valence-corrected chi connectivity index (χ3v) is 4.34. The second-order valence-corrected chi connectivity index (χ2v) is 6.30. The fraction of sp³-hybridized carbons (Fsp3) is 0.217. The number of nitrogens with one attached hydrogen (secondary N) is 2. The molecule has 0 saturated heterocycles. The van der Waals surface area contributed by atoms with Crippen molar-refractivity contribution in [2.75, 3.05) is 30.9 Å². The van der Waals surface area contributed by atoms with Gasteiger partial charge in [0.25, 0.3) is 5.91 Å². The molecule has 3 rings (SSSR count). The van der Waals surface area contributed by atoms with E-state index >= 15 is 0 Å². The van der Waals surface area contributed by atoms with Crippen LogP contribution in [-0.4, -0.2) is 31.2 Å². The normalized spacial score (nSPS) is 10.3. The summed E-state index contributed by atoms with van der Waals surface area (Å²) < 4.78 is 10.9. The highest BCUT2D eigenvalue weighted by molar-refractivity contribution is 6.04. The zero-order chi connectivity index (χ0) is 20.5. The number of carbonyl (C=O) groups excluding carboxylic acids is 1. The van der Waals surface area contributed by atoms with E-state index in [9.17, 15) is 4.79 Å². The Kier molecular flexibility index (Phi) is 7.05. The van der Waals surface area contributed by atoms with Crippen LogP contribution in [0.2, 0.25) is 0 Å². The number of pyridine rings is 1. The van der Waals surface area contributed by atoms with Crippen LogP contribution in [0.25, 0.3) is 0 Å². The second kappa shape index (κ2) is 10.1. The number of rotatable bonds is 9. The summed E-state index contributed by atoms with van der Waals surface area (Å²) in [4.78, 5) is 16.8. The molecule has 0 aliphatic rings. The minimum absolute atomic E-state index is 0.287. The SMILES string of the molecule is CCOc1ccccc1NC(=O)c1cc(NCCc2ccccc2OC)ccn1. The predicted molar refractivity (Wildman–Crippen MR) is 115 cm³/mol. The molecule has 0 fully saturated rings. The fourth-order valence-electron chi connectivity index (χ4n) is 2.95. The zero-order valence-corrected chi connectivity index (χ0v) is 16.6. The molecule has 6 heteroatoms. The molecule has 29 heavy (non-hydrogen) atoms. The van der Waals surface area contributed by atoms with Crippen LogP contribution in [0.1, 0.15) is 23.0 Å². The van der Waals surface area contributed by atoms with Crippen molar-refractivity contribution < 1.29 is 14.3 Å². The van der Waals surface area contributed by atoms with Crippen molar-refractivity contribution in [1.82, 2.24) is 4.98 Å². The van der Waals surface area contributed by atoms with Crippen molar-refractivity contribution in [2.45, 2.75) is 13.3 Å². The van der Waals surface area contributed by atoms with Gasteiger partial charge in [-0.25, -0.2) is 0 Å². The van der Waals surface area contributed by atoms with Gasteiger partial charge in [-0.2, -0.15) is 0 Å². The molecule has 0 atom stereocenters. The average molecular weight is 391 g/mol. The van der Waals surface area contributed by atoms with Crippen molar-refractivity contribution in [3.8, 4) is 11.5 Å². The maximum atomic E-state index is 12.6. The number of ether oxygens (including phenoxy) is 2. The molecule has 0 spiro atoms. The zero-order valence-electron chi connectivity index (χ0n) is 16.6. The lowest BCUT2D eigenvalue weighted by molar-refractivity contribution is 0.102. The second-order valence-electron chi connectivity index (χ2n) is 6.30. The van der Waals surface area contributed by atoms with Gasteiger partial charge in [-0.3, -0.25) is 9.78 Å². The first-order chi connectivity index (χ1) is 14.2. The lowest BCUT2D eigenvalue weighted by Gasteiger charge is -2.12. The summed E-state index contributed by atoms with van der Waals surface area (Å²) in [7, 11) is 1.67. The van der Waals surface area contributed by atoms with Gasteiger partial charge in [-0.15, -0.1) is 0 Å². The van der Waals surface area contributed by atoms with Gasteiger partial charge in [0, 0.05) is 18.4 Å². The Hall–Kier alpha value is -3.54. The number of para-hydroxylation sites is 3. The Balaban J connectivity index is 1.62. The largest absolute Gasteiger partial charge is 0.496 e. The minimum atomic E-state index is -0.287. The van der Waals surface area contributed by atoms with Crippen molar-refractivity contribution in [3.63, 3.8) is 0 Å². The smallest absolute Gasteiger partial charge is 0.274 e. The van der Waals surface area contributed by atoms with E-state index in [1.54, 1.807) is 25.4 Å². The van der Waals surface area contributed by atoms with E-state index in [0.717, 1.165) is 23.4 Å². The van der Waals surface area contributed by atoms with Gasteiger partial charge < -0.3 is 20.1 Å². The van der Waals surface area contributed by atoms with Crippen LogP contribution >= 0.6 is 0 Å². The topological polar surface area (TPSA) is 72.5 Å². The molecule has 0 unspecified atom stereocenters. The van der Waals surface area contributed by atoms with Gasteiger partial charge in [-0.1, -0.05) is 30.3 Å². The molecule has 1 heterocycles. The molecule has 0 bridgehead atoms. The molecule has 2 aromatic carbocycles. The molecule has 150 valence electrons. The van der Waals surface area contributed by atoms with Crippen LogP contribution in [0, 0.1) is 0 Å². The summed E-state index contributed by atoms with van der Waals surface area (Å²) in [5.74, 6) is 1.22. The minimum Gasteiger partial charge on any atom is -0.496 e. The van der Waals surface area contributed by atoms with Crippen molar-refractivity contribution >= 4 is 17.3 Å². The highest BCUT2D eigenvalue weighted by Gasteiger charge is 2.11. The lowest BCUT2D eigenvalue weighted by Crippen LogP contribution is -2.15. The van der Waals surface area contributed by atoms with E-state index in [0.29, 0.717) is 30.3 Å². The number of hydrogen-bond donors (Lipinski definition) is 2. The summed E-state index contributed by atoms with van der Waals surface area (Å²) in [6.45, 7) is 3.13. The number of aromatic nitrogens is 1. The van der Waals surface area contributed by atoms with Crippen molar-refractivity contribution in [3.05, 3.63) is 78.1 Å². The molecule has 0 aliphatic carbocycles. The summed E-state index contributed by atoms with van der Waals surface area (Å²) in [5.41, 5.74) is 2.91. The van der Waals surface area contributed by atoms with E-state index in [4.69, 9.17) is 9.47 Å².